The number of aliphatic hydroxyl groups excluding tert-OH is 1. The molecule has 2 amide bonds. The number of unbranched alkanes of at least 4 members (excludes halogenated alkanes) is 14. The van der Waals surface area contributed by atoms with Gasteiger partial charge in [0.1, 0.15) is 12.1 Å². The maximum absolute atomic E-state index is 12.4. The van der Waals surface area contributed by atoms with Crippen molar-refractivity contribution in [1.29, 1.82) is 0 Å². The van der Waals surface area contributed by atoms with E-state index in [1.807, 2.05) is 6.08 Å². The molecule has 41 heavy (non-hydrogen) atoms. The Morgan fingerprint density at radius 2 is 1.29 bits per heavy atom. The number of hydrogen-bond donors (Lipinski definition) is 4. The molecule has 238 valence electrons. The van der Waals surface area contributed by atoms with Crippen LogP contribution in [0.4, 0.5) is 0 Å². The molecule has 0 aliphatic carbocycles. The van der Waals surface area contributed by atoms with Gasteiger partial charge < -0.3 is 25.6 Å². The van der Waals surface area contributed by atoms with E-state index in [0.29, 0.717) is 12.8 Å². The summed E-state index contributed by atoms with van der Waals surface area (Å²) >= 11 is 0. The zero-order chi connectivity index (χ0) is 30.6. The highest BCUT2D eigenvalue weighted by molar-refractivity contribution is 5.87. The molecule has 0 aromatic rings. The number of carboxylic acid groups (broad SMARTS) is 1. The molecule has 0 aliphatic rings. The number of carbonyl (C=O) groups excluding carboxylic acids is 3. The van der Waals surface area contributed by atoms with E-state index < -0.39 is 24.5 Å². The standard InChI is InChI=1S/C32H58N2O7/c1-3-5-7-8-9-10-11-12-13-14-20-24-31(38)41-27(21-17-6-4-2)22-18-15-16-19-23-29(36)33-25-30(37)34-28(26-35)32(39)40/h17,21,27-28,35H,3-16,18-20,22-26H2,1-2H3,(H,33,36)(H,34,37)(H,39,40)/b21-17-. The minimum Gasteiger partial charge on any atom is -0.480 e. The van der Waals surface area contributed by atoms with Crippen LogP contribution in [0, 0.1) is 0 Å². The van der Waals surface area contributed by atoms with Gasteiger partial charge in [0.15, 0.2) is 0 Å². The Bertz CT molecular complexity index is 727. The van der Waals surface area contributed by atoms with Gasteiger partial charge in [-0.2, -0.15) is 0 Å². The van der Waals surface area contributed by atoms with E-state index in [0.717, 1.165) is 51.4 Å². The molecule has 0 fully saturated rings. The molecule has 9 heteroatoms. The van der Waals surface area contributed by atoms with E-state index in [2.05, 4.69) is 30.6 Å². The van der Waals surface area contributed by atoms with Crippen molar-refractivity contribution in [3.05, 3.63) is 12.2 Å². The molecule has 0 aromatic heterocycles. The number of nitrogens with one attached hydrogen (secondary N) is 2. The Labute approximate surface area is 248 Å². The lowest BCUT2D eigenvalue weighted by atomic mass is 10.1. The molecule has 0 saturated heterocycles. The van der Waals surface area contributed by atoms with Gasteiger partial charge in [-0.3, -0.25) is 14.4 Å². The maximum atomic E-state index is 12.4. The van der Waals surface area contributed by atoms with Gasteiger partial charge in [0.05, 0.1) is 13.2 Å². The number of esters is 1. The number of carboxylic acids is 1. The molecule has 0 saturated carbocycles. The number of amides is 2. The summed E-state index contributed by atoms with van der Waals surface area (Å²) in [6.45, 7) is 3.30. The third-order valence-electron chi connectivity index (χ3n) is 6.98. The highest BCUT2D eigenvalue weighted by Gasteiger charge is 2.18. The van der Waals surface area contributed by atoms with Gasteiger partial charge in [-0.05, 0) is 38.2 Å². The molecule has 0 heterocycles. The summed E-state index contributed by atoms with van der Waals surface area (Å²) in [5.41, 5.74) is 0. The quantitative estimate of drug-likeness (QED) is 0.0505. The van der Waals surface area contributed by atoms with Crippen LogP contribution in [0.1, 0.15) is 142 Å². The first-order valence-electron chi connectivity index (χ1n) is 16.1. The molecule has 0 radical (unpaired) electrons. The summed E-state index contributed by atoms with van der Waals surface area (Å²) in [4.78, 5) is 46.9. The molecule has 2 atom stereocenters. The first-order valence-corrected chi connectivity index (χ1v) is 16.1. The Kier molecular flexibility index (Phi) is 26.1. The van der Waals surface area contributed by atoms with Gasteiger partial charge in [-0.25, -0.2) is 4.79 Å². The van der Waals surface area contributed by atoms with Crippen molar-refractivity contribution in [3.8, 4) is 0 Å². The lowest BCUT2D eigenvalue weighted by Crippen LogP contribution is -2.47. The largest absolute Gasteiger partial charge is 0.480 e. The second-order valence-electron chi connectivity index (χ2n) is 10.9. The average Bonchev–Trinajstić information content (AvgIpc) is 2.95. The van der Waals surface area contributed by atoms with Crippen molar-refractivity contribution >= 4 is 23.8 Å². The Morgan fingerprint density at radius 3 is 1.85 bits per heavy atom. The highest BCUT2D eigenvalue weighted by Crippen LogP contribution is 2.15. The zero-order valence-electron chi connectivity index (χ0n) is 25.8. The summed E-state index contributed by atoms with van der Waals surface area (Å²) in [7, 11) is 0. The number of aliphatic hydroxyl groups is 1. The van der Waals surface area contributed by atoms with E-state index in [1.165, 1.54) is 57.8 Å². The molecule has 0 spiro atoms. The van der Waals surface area contributed by atoms with Gasteiger partial charge in [0, 0.05) is 12.8 Å². The second kappa shape index (κ2) is 27.7. The summed E-state index contributed by atoms with van der Waals surface area (Å²) in [6.07, 6.45) is 24.4. The molecule has 4 N–H and O–H groups in total. The maximum Gasteiger partial charge on any atom is 0.328 e. The predicted molar refractivity (Wildman–Crippen MR) is 162 cm³/mol. The molecular weight excluding hydrogens is 524 g/mol. The van der Waals surface area contributed by atoms with Gasteiger partial charge >= 0.3 is 11.9 Å². The average molecular weight is 583 g/mol. The summed E-state index contributed by atoms with van der Waals surface area (Å²) < 4.78 is 5.76. The topological polar surface area (TPSA) is 142 Å². The monoisotopic (exact) mass is 582 g/mol. The van der Waals surface area contributed by atoms with Crippen LogP contribution in [0.3, 0.4) is 0 Å². The Balaban J connectivity index is 4.04. The first kappa shape index (κ1) is 38.6. The van der Waals surface area contributed by atoms with Crippen LogP contribution in [-0.4, -0.2) is 59.3 Å². The predicted octanol–water partition coefficient (Wildman–Crippen LogP) is 5.97. The summed E-state index contributed by atoms with van der Waals surface area (Å²) in [5, 5.41) is 22.3. The summed E-state index contributed by atoms with van der Waals surface area (Å²) in [6, 6.07) is -1.39. The molecule has 0 bridgehead atoms. The van der Waals surface area contributed by atoms with E-state index in [4.69, 9.17) is 14.9 Å². The lowest BCUT2D eigenvalue weighted by molar-refractivity contribution is -0.147. The van der Waals surface area contributed by atoms with Crippen molar-refractivity contribution in [2.45, 2.75) is 154 Å². The van der Waals surface area contributed by atoms with Gasteiger partial charge in [-0.15, -0.1) is 0 Å². The minimum absolute atomic E-state index is 0.124. The van der Waals surface area contributed by atoms with Crippen LogP contribution in [0.15, 0.2) is 12.2 Å². The lowest BCUT2D eigenvalue weighted by Gasteiger charge is -2.15. The van der Waals surface area contributed by atoms with Crippen LogP contribution >= 0.6 is 0 Å². The highest BCUT2D eigenvalue weighted by atomic mass is 16.5. The number of hydrogen-bond acceptors (Lipinski definition) is 6. The van der Waals surface area contributed by atoms with Gasteiger partial charge in [0.2, 0.25) is 11.8 Å². The second-order valence-corrected chi connectivity index (χ2v) is 10.9. The van der Waals surface area contributed by atoms with Crippen LogP contribution in [0.5, 0.6) is 0 Å². The van der Waals surface area contributed by atoms with Crippen LogP contribution in [-0.2, 0) is 23.9 Å². The normalized spacial score (nSPS) is 12.7. The number of ether oxygens (including phenoxy) is 1. The Morgan fingerprint density at radius 1 is 0.732 bits per heavy atom. The fourth-order valence-electron chi connectivity index (χ4n) is 4.45. The molecule has 0 aliphatic heterocycles. The SMILES string of the molecule is CCC/C=C\C(CCCCCCC(=O)NCC(=O)NC(CO)C(=O)O)OC(=O)CCCCCCCCCCCCC. The first-order chi connectivity index (χ1) is 19.8. The fraction of sp³-hybridized carbons (Fsp3) is 0.812. The minimum atomic E-state index is -1.39. The van der Waals surface area contributed by atoms with Crippen LogP contribution in [0.2, 0.25) is 0 Å². The number of allylic oxidation sites excluding steroid dienone is 1. The molecular formula is C32H58N2O7. The van der Waals surface area contributed by atoms with E-state index in [-0.39, 0.29) is 30.9 Å². The number of carbonyl (C=O) groups is 4. The van der Waals surface area contributed by atoms with Crippen LogP contribution in [0.25, 0.3) is 0 Å². The van der Waals surface area contributed by atoms with E-state index in [9.17, 15) is 19.2 Å². The van der Waals surface area contributed by atoms with Crippen molar-refractivity contribution in [3.63, 3.8) is 0 Å². The molecule has 9 nitrogen and oxygen atoms in total. The van der Waals surface area contributed by atoms with Gasteiger partial charge in [-0.1, -0.05) is 103 Å². The van der Waals surface area contributed by atoms with Crippen molar-refractivity contribution in [2.75, 3.05) is 13.2 Å². The molecule has 0 aromatic carbocycles. The van der Waals surface area contributed by atoms with Crippen molar-refractivity contribution in [1.82, 2.24) is 10.6 Å². The number of rotatable bonds is 28. The van der Waals surface area contributed by atoms with Gasteiger partial charge in [0.25, 0.3) is 0 Å². The summed E-state index contributed by atoms with van der Waals surface area (Å²) in [5.74, 6) is -2.41. The zero-order valence-corrected chi connectivity index (χ0v) is 25.8. The number of aliphatic carboxylic acids is 1. The smallest absolute Gasteiger partial charge is 0.328 e. The third kappa shape index (κ3) is 25.0. The molecule has 2 unspecified atom stereocenters. The van der Waals surface area contributed by atoms with E-state index in [1.54, 1.807) is 0 Å². The van der Waals surface area contributed by atoms with Crippen LogP contribution < -0.4 is 10.6 Å². The van der Waals surface area contributed by atoms with Crippen molar-refractivity contribution in [2.24, 2.45) is 0 Å². The molecule has 0 rings (SSSR count). The fourth-order valence-corrected chi connectivity index (χ4v) is 4.45. The Hall–Kier alpha value is -2.42. The third-order valence-corrected chi connectivity index (χ3v) is 6.98. The van der Waals surface area contributed by atoms with E-state index >= 15 is 0 Å². The van der Waals surface area contributed by atoms with Crippen molar-refractivity contribution < 1.29 is 34.1 Å².